The van der Waals surface area contributed by atoms with E-state index in [1.807, 2.05) is 19.9 Å². The van der Waals surface area contributed by atoms with Gasteiger partial charge in [-0.15, -0.1) is 0 Å². The second kappa shape index (κ2) is 7.13. The number of amides is 1. The molecule has 1 heterocycles. The molecule has 6 heteroatoms. The molecule has 1 amide bonds. The van der Waals surface area contributed by atoms with Crippen LogP contribution in [0.25, 0.3) is 5.69 Å². The van der Waals surface area contributed by atoms with Crippen molar-refractivity contribution in [1.82, 2.24) is 20.4 Å². The van der Waals surface area contributed by atoms with Crippen LogP contribution < -0.4 is 10.6 Å². The molecule has 0 radical (unpaired) electrons. The number of nitrogens with one attached hydrogen (secondary N) is 2. The number of rotatable bonds is 6. The summed E-state index contributed by atoms with van der Waals surface area (Å²) in [5, 5.41) is 10.5. The Morgan fingerprint density at radius 3 is 2.92 bits per heavy atom. The van der Waals surface area contributed by atoms with E-state index in [0.717, 1.165) is 49.2 Å². The topological polar surface area (TPSA) is 58.9 Å². The zero-order valence-electron chi connectivity index (χ0n) is 14.2. The first kappa shape index (κ1) is 16.6. The highest BCUT2D eigenvalue weighted by atomic mass is 19.1. The van der Waals surface area contributed by atoms with E-state index in [-0.39, 0.29) is 11.7 Å². The van der Waals surface area contributed by atoms with Crippen LogP contribution in [0.2, 0.25) is 0 Å². The van der Waals surface area contributed by atoms with Crippen molar-refractivity contribution in [3.8, 4) is 5.69 Å². The van der Waals surface area contributed by atoms with Gasteiger partial charge in [-0.2, -0.15) is 5.10 Å². The van der Waals surface area contributed by atoms with Crippen LogP contribution in [-0.2, 0) is 12.8 Å². The molecule has 0 saturated carbocycles. The van der Waals surface area contributed by atoms with Gasteiger partial charge in [-0.25, -0.2) is 9.07 Å². The first-order valence-corrected chi connectivity index (χ1v) is 8.48. The molecule has 0 bridgehead atoms. The maximum Gasteiger partial charge on any atom is 0.272 e. The molecule has 2 N–H and O–H groups in total. The van der Waals surface area contributed by atoms with Crippen LogP contribution in [0.4, 0.5) is 4.39 Å². The van der Waals surface area contributed by atoms with Crippen LogP contribution >= 0.6 is 0 Å². The minimum atomic E-state index is -0.314. The van der Waals surface area contributed by atoms with E-state index in [1.165, 1.54) is 6.07 Å². The van der Waals surface area contributed by atoms with Crippen LogP contribution in [0.1, 0.15) is 40.7 Å². The largest absolute Gasteiger partial charge is 0.349 e. The lowest BCUT2D eigenvalue weighted by Gasteiger charge is -2.07. The van der Waals surface area contributed by atoms with Crippen molar-refractivity contribution in [2.24, 2.45) is 0 Å². The lowest BCUT2D eigenvalue weighted by Crippen LogP contribution is -2.32. The van der Waals surface area contributed by atoms with E-state index >= 15 is 0 Å². The van der Waals surface area contributed by atoms with E-state index in [9.17, 15) is 9.18 Å². The lowest BCUT2D eigenvalue weighted by molar-refractivity contribution is 0.0947. The number of carbonyl (C=O) groups is 1. The average Bonchev–Trinajstić information content (AvgIpc) is 3.14. The fourth-order valence-electron chi connectivity index (χ4n) is 3.13. The van der Waals surface area contributed by atoms with E-state index < -0.39 is 0 Å². The Kier molecular flexibility index (Phi) is 4.94. The summed E-state index contributed by atoms with van der Waals surface area (Å²) < 4.78 is 15.9. The Labute approximate surface area is 141 Å². The molecule has 0 unspecified atom stereocenters. The molecule has 0 atom stereocenters. The van der Waals surface area contributed by atoms with Crippen molar-refractivity contribution in [3.63, 3.8) is 0 Å². The van der Waals surface area contributed by atoms with Crippen LogP contribution in [-0.4, -0.2) is 35.3 Å². The highest BCUT2D eigenvalue weighted by Gasteiger charge is 2.27. The second-order valence-corrected chi connectivity index (χ2v) is 6.10. The number of hydrogen-bond donors (Lipinski definition) is 2. The molecule has 1 aromatic heterocycles. The van der Waals surface area contributed by atoms with Gasteiger partial charge in [0.25, 0.3) is 5.91 Å². The highest BCUT2D eigenvalue weighted by Crippen LogP contribution is 2.28. The summed E-state index contributed by atoms with van der Waals surface area (Å²) >= 11 is 0. The van der Waals surface area contributed by atoms with Crippen LogP contribution in [0.3, 0.4) is 0 Å². The average molecular weight is 330 g/mol. The Balaban J connectivity index is 1.89. The summed E-state index contributed by atoms with van der Waals surface area (Å²) in [5.74, 6) is -0.497. The van der Waals surface area contributed by atoms with E-state index in [1.54, 1.807) is 10.7 Å². The van der Waals surface area contributed by atoms with Gasteiger partial charge in [0.15, 0.2) is 5.69 Å². The molecule has 1 aliphatic carbocycles. The lowest BCUT2D eigenvalue weighted by atomic mass is 10.2. The quantitative estimate of drug-likeness (QED) is 0.798. The number of hydrogen-bond acceptors (Lipinski definition) is 3. The molecule has 0 fully saturated rings. The summed E-state index contributed by atoms with van der Waals surface area (Å²) in [5.41, 5.74) is 3.61. The number of nitrogens with zero attached hydrogens (tertiary/aromatic N) is 2. The summed E-state index contributed by atoms with van der Waals surface area (Å²) in [4.78, 5) is 12.4. The fourth-order valence-corrected chi connectivity index (χ4v) is 3.13. The van der Waals surface area contributed by atoms with Crippen molar-refractivity contribution in [2.75, 3.05) is 19.6 Å². The predicted molar refractivity (Wildman–Crippen MR) is 91.2 cm³/mol. The summed E-state index contributed by atoms with van der Waals surface area (Å²) in [6, 6.07) is 5.08. The Hall–Kier alpha value is -2.21. The normalized spacial score (nSPS) is 13.1. The molecule has 3 rings (SSSR count). The van der Waals surface area contributed by atoms with Gasteiger partial charge in [0, 0.05) is 24.3 Å². The van der Waals surface area contributed by atoms with E-state index in [4.69, 9.17) is 0 Å². The molecule has 5 nitrogen and oxygen atoms in total. The van der Waals surface area contributed by atoms with Crippen LogP contribution in [0.15, 0.2) is 18.2 Å². The van der Waals surface area contributed by atoms with Gasteiger partial charge in [0.05, 0.1) is 0 Å². The second-order valence-electron chi connectivity index (χ2n) is 6.10. The zero-order valence-corrected chi connectivity index (χ0v) is 14.2. The van der Waals surface area contributed by atoms with E-state index in [0.29, 0.717) is 17.9 Å². The Morgan fingerprint density at radius 1 is 1.33 bits per heavy atom. The Bertz CT molecular complexity index is 754. The maximum absolute atomic E-state index is 14.3. The number of halogens is 1. The molecule has 1 aromatic carbocycles. The van der Waals surface area contributed by atoms with Gasteiger partial charge >= 0.3 is 0 Å². The van der Waals surface area contributed by atoms with Gasteiger partial charge < -0.3 is 10.6 Å². The first-order valence-electron chi connectivity index (χ1n) is 8.48. The molecule has 1 aliphatic rings. The first-order chi connectivity index (χ1) is 11.6. The fraction of sp³-hybridized carbons (Fsp3) is 0.444. The van der Waals surface area contributed by atoms with Crippen LogP contribution in [0, 0.1) is 12.7 Å². The minimum absolute atomic E-state index is 0.183. The molecule has 0 spiro atoms. The highest BCUT2D eigenvalue weighted by molar-refractivity contribution is 5.94. The predicted octanol–water partition coefficient (Wildman–Crippen LogP) is 2.15. The molecular weight excluding hydrogens is 307 g/mol. The van der Waals surface area contributed by atoms with Gasteiger partial charge in [-0.05, 0) is 50.4 Å². The third-order valence-corrected chi connectivity index (χ3v) is 4.31. The van der Waals surface area contributed by atoms with Gasteiger partial charge in [0.1, 0.15) is 11.5 Å². The number of fused-ring (bicyclic) bond motifs is 1. The number of carbonyl (C=O) groups excluding carboxylic acids is 1. The number of benzene rings is 1. The van der Waals surface area contributed by atoms with Crippen molar-refractivity contribution in [2.45, 2.75) is 33.1 Å². The molecule has 128 valence electrons. The molecule has 0 aliphatic heterocycles. The molecule has 24 heavy (non-hydrogen) atoms. The van der Waals surface area contributed by atoms with Gasteiger partial charge in [0.2, 0.25) is 0 Å². The van der Waals surface area contributed by atoms with Crippen molar-refractivity contribution in [1.29, 1.82) is 0 Å². The number of aromatic nitrogens is 2. The third kappa shape index (κ3) is 3.19. The number of likely N-dealkylation sites (N-methyl/N-ethyl adjacent to an activating group) is 1. The monoisotopic (exact) mass is 330 g/mol. The standard InChI is InChI=1S/C18H23FN4O/c1-3-20-9-10-21-18(24)17-13-5-4-6-15(13)23(22-17)16-8-7-12(2)11-14(16)19/h7-8,11,20H,3-6,9-10H2,1-2H3,(H,21,24). The molecular formula is C18H23FN4O. The van der Waals surface area contributed by atoms with Gasteiger partial charge in [-0.3, -0.25) is 4.79 Å². The summed E-state index contributed by atoms with van der Waals surface area (Å²) in [6.45, 7) is 6.01. The molecule has 0 saturated heterocycles. The van der Waals surface area contributed by atoms with Gasteiger partial charge in [-0.1, -0.05) is 13.0 Å². The van der Waals surface area contributed by atoms with Crippen LogP contribution in [0.5, 0.6) is 0 Å². The Morgan fingerprint density at radius 2 is 2.17 bits per heavy atom. The molecule has 2 aromatic rings. The van der Waals surface area contributed by atoms with Crippen molar-refractivity contribution in [3.05, 3.63) is 46.5 Å². The summed E-state index contributed by atoms with van der Waals surface area (Å²) in [6.07, 6.45) is 2.61. The maximum atomic E-state index is 14.3. The number of aryl methyl sites for hydroxylation is 1. The smallest absolute Gasteiger partial charge is 0.272 e. The minimum Gasteiger partial charge on any atom is -0.349 e. The zero-order chi connectivity index (χ0) is 17.1. The van der Waals surface area contributed by atoms with E-state index in [2.05, 4.69) is 15.7 Å². The van der Waals surface area contributed by atoms with Crippen molar-refractivity contribution >= 4 is 5.91 Å². The summed E-state index contributed by atoms with van der Waals surface area (Å²) in [7, 11) is 0. The third-order valence-electron chi connectivity index (χ3n) is 4.31. The SMILES string of the molecule is CCNCCNC(=O)c1nn(-c2ccc(C)cc2F)c2c1CCC2. The van der Waals surface area contributed by atoms with Crippen molar-refractivity contribution < 1.29 is 9.18 Å².